The van der Waals surface area contributed by atoms with E-state index >= 15 is 0 Å². The summed E-state index contributed by atoms with van der Waals surface area (Å²) in [4.78, 5) is 20.8. The van der Waals surface area contributed by atoms with E-state index in [1.807, 2.05) is 13.0 Å². The van der Waals surface area contributed by atoms with Crippen LogP contribution in [0, 0.1) is 11.3 Å². The molecule has 2 aromatic heterocycles. The minimum Gasteiger partial charge on any atom is -0.395 e. The first-order valence-electron chi connectivity index (χ1n) is 10.4. The van der Waals surface area contributed by atoms with Gasteiger partial charge in [0.1, 0.15) is 12.6 Å². The van der Waals surface area contributed by atoms with Gasteiger partial charge in [-0.3, -0.25) is 9.48 Å². The number of benzene rings is 1. The van der Waals surface area contributed by atoms with E-state index < -0.39 is 24.3 Å². The standard InChI is InChI=1S/C22H22F2N8O2/c1-22(11-33)10-28-18-13(7-25)5-12(6-14(18)22)15-3-4-27-21(29-15)30-16-8-32(9-17(23)24)31-19(16)20(34)26-2/h3-6,8,17,28,33H,9-11H2,1-2H3,(H,26,34)(H,27,29,30). The van der Waals surface area contributed by atoms with Gasteiger partial charge in [0, 0.05) is 37.0 Å². The summed E-state index contributed by atoms with van der Waals surface area (Å²) < 4.78 is 26.6. The average molecular weight is 468 g/mol. The zero-order valence-corrected chi connectivity index (χ0v) is 18.4. The maximum absolute atomic E-state index is 12.8. The molecule has 12 heteroatoms. The summed E-state index contributed by atoms with van der Waals surface area (Å²) in [5.41, 5.74) is 2.60. The number of nitriles is 1. The van der Waals surface area contributed by atoms with Crippen LogP contribution in [0.3, 0.4) is 0 Å². The van der Waals surface area contributed by atoms with Gasteiger partial charge in [-0.25, -0.2) is 18.7 Å². The third-order valence-electron chi connectivity index (χ3n) is 5.64. The van der Waals surface area contributed by atoms with E-state index in [-0.39, 0.29) is 23.9 Å². The number of aliphatic hydroxyl groups is 1. The Bertz CT molecular complexity index is 1290. The number of aliphatic hydroxyl groups excluding tert-OH is 1. The van der Waals surface area contributed by atoms with Crippen molar-refractivity contribution in [2.24, 2.45) is 0 Å². The Morgan fingerprint density at radius 3 is 2.91 bits per heavy atom. The van der Waals surface area contributed by atoms with Crippen molar-refractivity contribution in [1.29, 1.82) is 5.26 Å². The largest absolute Gasteiger partial charge is 0.395 e. The second-order valence-corrected chi connectivity index (χ2v) is 8.10. The van der Waals surface area contributed by atoms with Gasteiger partial charge in [0.05, 0.1) is 29.2 Å². The van der Waals surface area contributed by atoms with Gasteiger partial charge < -0.3 is 21.1 Å². The Hall–Kier alpha value is -4.11. The number of anilines is 3. The summed E-state index contributed by atoms with van der Waals surface area (Å²) in [5, 5.41) is 32.0. The van der Waals surface area contributed by atoms with Crippen LogP contribution in [0.2, 0.25) is 0 Å². The molecule has 4 rings (SSSR count). The van der Waals surface area contributed by atoms with Crippen LogP contribution in [-0.2, 0) is 12.0 Å². The molecule has 10 nitrogen and oxygen atoms in total. The Balaban J connectivity index is 1.71. The molecule has 0 spiro atoms. The molecule has 0 radical (unpaired) electrons. The SMILES string of the molecule is CNC(=O)c1nn(CC(F)F)cc1Nc1nccc(-c2cc(C#N)c3c(c2)C(C)(CO)CN3)n1. The fraction of sp³-hybridized carbons (Fsp3) is 0.318. The number of hydrogen-bond acceptors (Lipinski definition) is 8. The smallest absolute Gasteiger partial charge is 0.273 e. The van der Waals surface area contributed by atoms with Gasteiger partial charge in [-0.1, -0.05) is 6.92 Å². The van der Waals surface area contributed by atoms with Crippen molar-refractivity contribution in [3.63, 3.8) is 0 Å². The number of halogens is 2. The van der Waals surface area contributed by atoms with Crippen LogP contribution in [-0.4, -0.2) is 57.4 Å². The van der Waals surface area contributed by atoms with Gasteiger partial charge in [0.15, 0.2) is 5.69 Å². The highest BCUT2D eigenvalue weighted by Gasteiger charge is 2.36. The number of carbonyl (C=O) groups is 1. The quantitative estimate of drug-likeness (QED) is 0.414. The van der Waals surface area contributed by atoms with Gasteiger partial charge in [-0.15, -0.1) is 0 Å². The molecule has 3 heterocycles. The molecule has 3 aromatic rings. The third-order valence-corrected chi connectivity index (χ3v) is 5.64. The van der Waals surface area contributed by atoms with E-state index in [0.717, 1.165) is 10.2 Å². The number of aromatic nitrogens is 4. The van der Waals surface area contributed by atoms with Crippen molar-refractivity contribution in [2.45, 2.75) is 25.3 Å². The van der Waals surface area contributed by atoms with E-state index in [0.29, 0.717) is 29.1 Å². The van der Waals surface area contributed by atoms with E-state index in [1.54, 1.807) is 12.1 Å². The first kappa shape index (κ1) is 23.1. The molecule has 1 aromatic carbocycles. The highest BCUT2D eigenvalue weighted by atomic mass is 19.3. The fourth-order valence-electron chi connectivity index (χ4n) is 3.80. The Kier molecular flexibility index (Phi) is 6.12. The lowest BCUT2D eigenvalue weighted by atomic mass is 9.83. The maximum Gasteiger partial charge on any atom is 0.273 e. The molecule has 0 fully saturated rings. The second-order valence-electron chi connectivity index (χ2n) is 8.10. The van der Waals surface area contributed by atoms with Crippen LogP contribution in [0.25, 0.3) is 11.3 Å². The summed E-state index contributed by atoms with van der Waals surface area (Å²) in [6, 6.07) is 7.40. The number of fused-ring (bicyclic) bond motifs is 1. The second kappa shape index (κ2) is 9.03. The first-order chi connectivity index (χ1) is 16.3. The van der Waals surface area contributed by atoms with Crippen molar-refractivity contribution in [3.05, 3.63) is 47.4 Å². The molecule has 1 aliphatic rings. The minimum absolute atomic E-state index is 0.0776. The predicted octanol–water partition coefficient (Wildman–Crippen LogP) is 2.26. The number of alkyl halides is 2. The van der Waals surface area contributed by atoms with Crippen LogP contribution < -0.4 is 16.0 Å². The highest BCUT2D eigenvalue weighted by molar-refractivity contribution is 5.97. The zero-order valence-electron chi connectivity index (χ0n) is 18.4. The van der Waals surface area contributed by atoms with Gasteiger partial charge in [-0.2, -0.15) is 10.4 Å². The number of nitrogens with one attached hydrogen (secondary N) is 3. The third kappa shape index (κ3) is 4.25. The summed E-state index contributed by atoms with van der Waals surface area (Å²) in [6.07, 6.45) is 0.142. The predicted molar refractivity (Wildman–Crippen MR) is 120 cm³/mol. The van der Waals surface area contributed by atoms with Crippen molar-refractivity contribution >= 4 is 23.2 Å². The van der Waals surface area contributed by atoms with Crippen molar-refractivity contribution in [2.75, 3.05) is 30.8 Å². The number of carbonyl (C=O) groups excluding carboxylic acids is 1. The number of rotatable bonds is 7. The van der Waals surface area contributed by atoms with Crippen LogP contribution in [0.1, 0.15) is 28.5 Å². The first-order valence-corrected chi connectivity index (χ1v) is 10.4. The summed E-state index contributed by atoms with van der Waals surface area (Å²) in [6.45, 7) is 1.64. The van der Waals surface area contributed by atoms with Gasteiger partial charge in [0.25, 0.3) is 12.3 Å². The number of nitrogens with zero attached hydrogens (tertiary/aromatic N) is 5. The van der Waals surface area contributed by atoms with Crippen LogP contribution in [0.15, 0.2) is 30.6 Å². The van der Waals surface area contributed by atoms with Crippen LogP contribution in [0.5, 0.6) is 0 Å². The number of amides is 1. The van der Waals surface area contributed by atoms with Crippen molar-refractivity contribution < 1.29 is 18.7 Å². The van der Waals surface area contributed by atoms with E-state index in [9.17, 15) is 23.9 Å². The summed E-state index contributed by atoms with van der Waals surface area (Å²) >= 11 is 0. The molecule has 0 aliphatic carbocycles. The lowest BCUT2D eigenvalue weighted by Gasteiger charge is -2.21. The van der Waals surface area contributed by atoms with Crippen LogP contribution >= 0.6 is 0 Å². The lowest BCUT2D eigenvalue weighted by Crippen LogP contribution is -2.28. The van der Waals surface area contributed by atoms with Gasteiger partial charge in [-0.05, 0) is 23.8 Å². The average Bonchev–Trinajstić information content (AvgIpc) is 3.38. The topological polar surface area (TPSA) is 141 Å². The van der Waals surface area contributed by atoms with Crippen molar-refractivity contribution in [1.82, 2.24) is 25.1 Å². The molecule has 1 atom stereocenters. The molecular formula is C22H22F2N8O2. The molecular weight excluding hydrogens is 446 g/mol. The molecule has 1 unspecified atom stereocenters. The summed E-state index contributed by atoms with van der Waals surface area (Å²) in [7, 11) is 1.41. The zero-order chi connectivity index (χ0) is 24.5. The van der Waals surface area contributed by atoms with Gasteiger partial charge in [0.2, 0.25) is 5.95 Å². The van der Waals surface area contributed by atoms with E-state index in [4.69, 9.17) is 0 Å². The minimum atomic E-state index is -2.64. The van der Waals surface area contributed by atoms with E-state index in [1.165, 1.54) is 19.4 Å². The van der Waals surface area contributed by atoms with Crippen molar-refractivity contribution in [3.8, 4) is 17.3 Å². The summed E-state index contributed by atoms with van der Waals surface area (Å²) in [5.74, 6) is -0.443. The monoisotopic (exact) mass is 468 g/mol. The normalized spacial score (nSPS) is 16.6. The molecule has 1 aliphatic heterocycles. The molecule has 0 saturated heterocycles. The molecule has 0 saturated carbocycles. The molecule has 176 valence electrons. The molecule has 4 N–H and O–H groups in total. The highest BCUT2D eigenvalue weighted by Crippen LogP contribution is 2.41. The Morgan fingerprint density at radius 1 is 1.44 bits per heavy atom. The fourth-order valence-corrected chi connectivity index (χ4v) is 3.80. The van der Waals surface area contributed by atoms with Gasteiger partial charge >= 0.3 is 0 Å². The maximum atomic E-state index is 12.8. The molecule has 1 amide bonds. The van der Waals surface area contributed by atoms with Crippen LogP contribution in [0.4, 0.5) is 26.1 Å². The molecule has 34 heavy (non-hydrogen) atoms. The Morgan fingerprint density at radius 2 is 2.24 bits per heavy atom. The number of hydrogen-bond donors (Lipinski definition) is 4. The van der Waals surface area contributed by atoms with E-state index in [2.05, 4.69) is 37.1 Å². The lowest BCUT2D eigenvalue weighted by molar-refractivity contribution is 0.0953. The Labute approximate surface area is 193 Å². The molecule has 0 bridgehead atoms.